The first kappa shape index (κ1) is 13.6. The van der Waals surface area contributed by atoms with Gasteiger partial charge in [-0.3, -0.25) is 4.79 Å². The normalized spacial score (nSPS) is 12.2. The molecule has 1 amide bonds. The number of halogens is 1. The zero-order valence-corrected chi connectivity index (χ0v) is 10.1. The summed E-state index contributed by atoms with van der Waals surface area (Å²) in [5, 5.41) is 2.73. The van der Waals surface area contributed by atoms with Crippen LogP contribution in [-0.4, -0.2) is 12.5 Å². The number of benzene rings is 1. The average molecular weight is 238 g/mol. The molecule has 0 fully saturated rings. The highest BCUT2D eigenvalue weighted by molar-refractivity contribution is 5.90. The molecule has 0 radical (unpaired) electrons. The molecule has 0 aliphatic carbocycles. The van der Waals surface area contributed by atoms with Crippen LogP contribution in [0.2, 0.25) is 0 Å². The number of carbonyl (C=O) groups is 1. The Labute approximate surface area is 101 Å². The minimum atomic E-state index is -0.308. The monoisotopic (exact) mass is 238 g/mol. The van der Waals surface area contributed by atoms with Gasteiger partial charge in [-0.25, -0.2) is 4.39 Å². The second-order valence-corrected chi connectivity index (χ2v) is 4.10. The molecule has 0 aliphatic rings. The highest BCUT2D eigenvalue weighted by atomic mass is 19.1. The molecule has 4 heteroatoms. The van der Waals surface area contributed by atoms with Crippen molar-refractivity contribution in [2.24, 2.45) is 11.7 Å². The predicted octanol–water partition coefficient (Wildman–Crippen LogP) is 2.53. The first-order valence-electron chi connectivity index (χ1n) is 5.91. The Morgan fingerprint density at radius 2 is 2.06 bits per heavy atom. The van der Waals surface area contributed by atoms with Crippen LogP contribution in [0.15, 0.2) is 24.3 Å². The molecule has 0 spiro atoms. The van der Waals surface area contributed by atoms with E-state index in [1.807, 2.05) is 0 Å². The summed E-state index contributed by atoms with van der Waals surface area (Å²) < 4.78 is 12.6. The standard InChI is InChI=1S/C13H19FN2O/c1-2-10(9-15)3-8-13(17)16-12-6-4-11(14)5-7-12/h4-7,10H,2-3,8-9,15H2,1H3,(H,16,17). The third kappa shape index (κ3) is 4.95. The molecule has 94 valence electrons. The van der Waals surface area contributed by atoms with Crippen LogP contribution in [0.25, 0.3) is 0 Å². The van der Waals surface area contributed by atoms with Gasteiger partial charge in [0.1, 0.15) is 5.82 Å². The lowest BCUT2D eigenvalue weighted by molar-refractivity contribution is -0.116. The molecule has 1 aromatic carbocycles. The Balaban J connectivity index is 2.37. The number of anilines is 1. The van der Waals surface area contributed by atoms with E-state index in [0.29, 0.717) is 24.6 Å². The van der Waals surface area contributed by atoms with Gasteiger partial charge in [-0.15, -0.1) is 0 Å². The third-order valence-electron chi connectivity index (χ3n) is 2.82. The van der Waals surface area contributed by atoms with Crippen molar-refractivity contribution >= 4 is 11.6 Å². The van der Waals surface area contributed by atoms with Crippen molar-refractivity contribution in [2.75, 3.05) is 11.9 Å². The Bertz CT molecular complexity index is 347. The second-order valence-electron chi connectivity index (χ2n) is 4.10. The lowest BCUT2D eigenvalue weighted by Gasteiger charge is -2.11. The quantitative estimate of drug-likeness (QED) is 0.800. The molecular formula is C13H19FN2O. The molecule has 3 nitrogen and oxygen atoms in total. The van der Waals surface area contributed by atoms with Crippen molar-refractivity contribution in [1.82, 2.24) is 0 Å². The topological polar surface area (TPSA) is 55.1 Å². The van der Waals surface area contributed by atoms with Crippen LogP contribution >= 0.6 is 0 Å². The van der Waals surface area contributed by atoms with Crippen molar-refractivity contribution in [3.05, 3.63) is 30.1 Å². The van der Waals surface area contributed by atoms with Crippen molar-refractivity contribution in [1.29, 1.82) is 0 Å². The smallest absolute Gasteiger partial charge is 0.224 e. The number of nitrogens with two attached hydrogens (primary N) is 1. The number of nitrogens with one attached hydrogen (secondary N) is 1. The molecule has 0 bridgehead atoms. The van der Waals surface area contributed by atoms with Gasteiger partial charge in [0.05, 0.1) is 0 Å². The minimum absolute atomic E-state index is 0.0523. The predicted molar refractivity (Wildman–Crippen MR) is 67.1 cm³/mol. The van der Waals surface area contributed by atoms with E-state index in [4.69, 9.17) is 5.73 Å². The van der Waals surface area contributed by atoms with Crippen LogP contribution in [-0.2, 0) is 4.79 Å². The van der Waals surface area contributed by atoms with Gasteiger partial charge in [0.25, 0.3) is 0 Å². The van der Waals surface area contributed by atoms with Gasteiger partial charge in [-0.05, 0) is 43.1 Å². The fraction of sp³-hybridized carbons (Fsp3) is 0.462. The summed E-state index contributed by atoms with van der Waals surface area (Å²) in [7, 11) is 0. The van der Waals surface area contributed by atoms with Crippen LogP contribution in [0.5, 0.6) is 0 Å². The molecule has 0 saturated carbocycles. The molecule has 1 aromatic rings. The van der Waals surface area contributed by atoms with Crippen LogP contribution in [0.1, 0.15) is 26.2 Å². The summed E-state index contributed by atoms with van der Waals surface area (Å²) in [5.74, 6) is 0.0367. The van der Waals surface area contributed by atoms with Crippen LogP contribution in [0, 0.1) is 11.7 Å². The lowest BCUT2D eigenvalue weighted by atomic mass is 10.0. The van der Waals surface area contributed by atoms with E-state index in [0.717, 1.165) is 12.8 Å². The first-order valence-corrected chi connectivity index (χ1v) is 5.91. The molecule has 1 unspecified atom stereocenters. The Kier molecular flexibility index (Phi) is 5.63. The maximum Gasteiger partial charge on any atom is 0.224 e. The van der Waals surface area contributed by atoms with Crippen LogP contribution in [0.3, 0.4) is 0 Å². The summed E-state index contributed by atoms with van der Waals surface area (Å²) in [6.07, 6.45) is 2.23. The highest BCUT2D eigenvalue weighted by Crippen LogP contribution is 2.12. The van der Waals surface area contributed by atoms with E-state index in [2.05, 4.69) is 12.2 Å². The fourth-order valence-electron chi connectivity index (χ4n) is 1.58. The number of rotatable bonds is 6. The van der Waals surface area contributed by atoms with Gasteiger partial charge in [0, 0.05) is 12.1 Å². The van der Waals surface area contributed by atoms with Crippen LogP contribution in [0.4, 0.5) is 10.1 Å². The van der Waals surface area contributed by atoms with E-state index in [1.165, 1.54) is 12.1 Å². The Morgan fingerprint density at radius 3 is 2.59 bits per heavy atom. The van der Waals surface area contributed by atoms with Gasteiger partial charge in [0.15, 0.2) is 0 Å². The zero-order valence-electron chi connectivity index (χ0n) is 10.1. The molecule has 17 heavy (non-hydrogen) atoms. The molecule has 1 atom stereocenters. The second kappa shape index (κ2) is 7.01. The number of carbonyl (C=O) groups excluding carboxylic acids is 1. The van der Waals surface area contributed by atoms with Crippen molar-refractivity contribution in [3.8, 4) is 0 Å². The highest BCUT2D eigenvalue weighted by Gasteiger charge is 2.08. The summed E-state index contributed by atoms with van der Waals surface area (Å²) in [6.45, 7) is 2.68. The van der Waals surface area contributed by atoms with E-state index >= 15 is 0 Å². The molecule has 0 aliphatic heterocycles. The minimum Gasteiger partial charge on any atom is -0.330 e. The van der Waals surface area contributed by atoms with E-state index in [-0.39, 0.29) is 11.7 Å². The summed E-state index contributed by atoms with van der Waals surface area (Å²) >= 11 is 0. The fourth-order valence-corrected chi connectivity index (χ4v) is 1.58. The number of hydrogen-bond donors (Lipinski definition) is 2. The molecular weight excluding hydrogens is 219 g/mol. The average Bonchev–Trinajstić information content (AvgIpc) is 2.33. The Hall–Kier alpha value is -1.42. The van der Waals surface area contributed by atoms with Crippen molar-refractivity contribution in [2.45, 2.75) is 26.2 Å². The van der Waals surface area contributed by atoms with Gasteiger partial charge < -0.3 is 11.1 Å². The molecule has 0 heterocycles. The molecule has 0 aromatic heterocycles. The van der Waals surface area contributed by atoms with Crippen molar-refractivity contribution < 1.29 is 9.18 Å². The van der Waals surface area contributed by atoms with Gasteiger partial charge in [-0.1, -0.05) is 13.3 Å². The molecule has 0 saturated heterocycles. The largest absolute Gasteiger partial charge is 0.330 e. The summed E-state index contributed by atoms with van der Waals surface area (Å²) in [5.41, 5.74) is 6.19. The number of amides is 1. The third-order valence-corrected chi connectivity index (χ3v) is 2.82. The van der Waals surface area contributed by atoms with Crippen LogP contribution < -0.4 is 11.1 Å². The summed E-state index contributed by atoms with van der Waals surface area (Å²) in [6, 6.07) is 5.75. The zero-order chi connectivity index (χ0) is 12.7. The molecule has 1 rings (SSSR count). The van der Waals surface area contributed by atoms with E-state index < -0.39 is 0 Å². The van der Waals surface area contributed by atoms with Gasteiger partial charge in [-0.2, -0.15) is 0 Å². The first-order chi connectivity index (χ1) is 8.15. The molecule has 3 N–H and O–H groups in total. The Morgan fingerprint density at radius 1 is 1.41 bits per heavy atom. The maximum absolute atomic E-state index is 12.6. The van der Waals surface area contributed by atoms with Gasteiger partial charge in [0.2, 0.25) is 5.91 Å². The number of hydrogen-bond acceptors (Lipinski definition) is 2. The van der Waals surface area contributed by atoms with E-state index in [1.54, 1.807) is 12.1 Å². The SMILES string of the molecule is CCC(CN)CCC(=O)Nc1ccc(F)cc1. The lowest BCUT2D eigenvalue weighted by Crippen LogP contribution is -2.17. The van der Waals surface area contributed by atoms with Gasteiger partial charge >= 0.3 is 0 Å². The van der Waals surface area contributed by atoms with Crippen molar-refractivity contribution in [3.63, 3.8) is 0 Å². The summed E-state index contributed by atoms with van der Waals surface area (Å²) in [4.78, 5) is 11.6. The maximum atomic E-state index is 12.6. The van der Waals surface area contributed by atoms with E-state index in [9.17, 15) is 9.18 Å².